The summed E-state index contributed by atoms with van der Waals surface area (Å²) < 4.78 is 31.0. The van der Waals surface area contributed by atoms with Gasteiger partial charge in [-0.05, 0) is 31.9 Å². The van der Waals surface area contributed by atoms with Crippen molar-refractivity contribution in [2.24, 2.45) is 0 Å². The fourth-order valence-electron chi connectivity index (χ4n) is 3.09. The van der Waals surface area contributed by atoms with Gasteiger partial charge in [-0.15, -0.1) is 0 Å². The maximum absolute atomic E-state index is 12.2. The Morgan fingerprint density at radius 1 is 1.29 bits per heavy atom. The second kappa shape index (κ2) is 8.48. The van der Waals surface area contributed by atoms with Gasteiger partial charge >= 0.3 is 0 Å². The van der Waals surface area contributed by atoms with E-state index in [1.807, 2.05) is 19.1 Å². The number of hydrogen-bond acceptors (Lipinski definition) is 4. The van der Waals surface area contributed by atoms with Crippen LogP contribution in [0.5, 0.6) is 5.75 Å². The molecule has 2 rings (SSSR count). The summed E-state index contributed by atoms with van der Waals surface area (Å²) in [5, 5.41) is 2.81. The number of amides is 1. The van der Waals surface area contributed by atoms with Gasteiger partial charge in [0.15, 0.2) is 0 Å². The molecule has 0 unspecified atom stereocenters. The van der Waals surface area contributed by atoms with E-state index in [0.717, 1.165) is 25.7 Å². The first kappa shape index (κ1) is 18.7. The molecule has 134 valence electrons. The molecule has 1 amide bonds. The average molecular weight is 354 g/mol. The SMILES string of the molecule is CCOc1ccccc1NC(=O)CCN(C1CCCC1)S(C)(=O)=O. The molecule has 0 bridgehead atoms. The lowest BCUT2D eigenvalue weighted by Crippen LogP contribution is -2.39. The molecule has 1 aromatic carbocycles. The molecule has 1 aliphatic rings. The second-order valence-electron chi connectivity index (χ2n) is 6.04. The van der Waals surface area contributed by atoms with Crippen molar-refractivity contribution in [3.8, 4) is 5.75 Å². The highest BCUT2D eigenvalue weighted by Crippen LogP contribution is 2.26. The first-order valence-electron chi connectivity index (χ1n) is 8.40. The van der Waals surface area contributed by atoms with Crippen LogP contribution in [0, 0.1) is 0 Å². The number of sulfonamides is 1. The van der Waals surface area contributed by atoms with Gasteiger partial charge in [0.05, 0.1) is 18.6 Å². The van der Waals surface area contributed by atoms with E-state index in [1.165, 1.54) is 10.6 Å². The van der Waals surface area contributed by atoms with E-state index >= 15 is 0 Å². The van der Waals surface area contributed by atoms with Crippen LogP contribution >= 0.6 is 0 Å². The van der Waals surface area contributed by atoms with Gasteiger partial charge < -0.3 is 10.1 Å². The van der Waals surface area contributed by atoms with Gasteiger partial charge in [-0.2, -0.15) is 4.31 Å². The van der Waals surface area contributed by atoms with Crippen molar-refractivity contribution < 1.29 is 17.9 Å². The van der Waals surface area contributed by atoms with Crippen LogP contribution in [0.4, 0.5) is 5.69 Å². The molecule has 0 aliphatic heterocycles. The maximum atomic E-state index is 12.2. The summed E-state index contributed by atoms with van der Waals surface area (Å²) in [6.45, 7) is 2.60. The highest BCUT2D eigenvalue weighted by Gasteiger charge is 2.29. The molecule has 1 aromatic rings. The fraction of sp³-hybridized carbons (Fsp3) is 0.588. The lowest BCUT2D eigenvalue weighted by Gasteiger charge is -2.26. The minimum absolute atomic E-state index is 0.0310. The van der Waals surface area contributed by atoms with Crippen LogP contribution < -0.4 is 10.1 Å². The zero-order chi connectivity index (χ0) is 17.6. The topological polar surface area (TPSA) is 75.7 Å². The van der Waals surface area contributed by atoms with Gasteiger partial charge in [-0.1, -0.05) is 25.0 Å². The first-order valence-corrected chi connectivity index (χ1v) is 10.2. The molecule has 0 atom stereocenters. The Morgan fingerprint density at radius 3 is 2.58 bits per heavy atom. The number of carbonyl (C=O) groups excluding carboxylic acids is 1. The van der Waals surface area contributed by atoms with Crippen molar-refractivity contribution >= 4 is 21.6 Å². The summed E-state index contributed by atoms with van der Waals surface area (Å²) in [7, 11) is -3.30. The number of benzene rings is 1. The quantitative estimate of drug-likeness (QED) is 0.779. The zero-order valence-corrected chi connectivity index (χ0v) is 15.1. The molecule has 0 heterocycles. The smallest absolute Gasteiger partial charge is 0.225 e. The normalized spacial score (nSPS) is 15.6. The van der Waals surface area contributed by atoms with Crippen molar-refractivity contribution in [3.63, 3.8) is 0 Å². The fourth-order valence-corrected chi connectivity index (χ4v) is 4.26. The van der Waals surface area contributed by atoms with Crippen LogP contribution in [0.15, 0.2) is 24.3 Å². The Morgan fingerprint density at radius 2 is 1.96 bits per heavy atom. The summed E-state index contributed by atoms with van der Waals surface area (Å²) in [4.78, 5) is 12.2. The highest BCUT2D eigenvalue weighted by molar-refractivity contribution is 7.88. The Hall–Kier alpha value is -1.60. The number of nitrogens with zero attached hydrogens (tertiary/aromatic N) is 1. The molecule has 1 aliphatic carbocycles. The minimum Gasteiger partial charge on any atom is -0.492 e. The van der Waals surface area contributed by atoms with Crippen LogP contribution in [0.1, 0.15) is 39.0 Å². The van der Waals surface area contributed by atoms with Crippen LogP contribution in [0.2, 0.25) is 0 Å². The largest absolute Gasteiger partial charge is 0.492 e. The molecule has 1 fully saturated rings. The summed E-state index contributed by atoms with van der Waals surface area (Å²) in [5.74, 6) is 0.401. The number of hydrogen-bond donors (Lipinski definition) is 1. The van der Waals surface area contributed by atoms with Crippen molar-refractivity contribution in [1.29, 1.82) is 0 Å². The molecular weight excluding hydrogens is 328 g/mol. The van der Waals surface area contributed by atoms with Crippen LogP contribution in [-0.2, 0) is 14.8 Å². The van der Waals surface area contributed by atoms with Crippen molar-refractivity contribution in [2.45, 2.75) is 45.1 Å². The number of carbonyl (C=O) groups is 1. The van der Waals surface area contributed by atoms with Gasteiger partial charge in [0.25, 0.3) is 0 Å². The molecular formula is C17H26N2O4S. The van der Waals surface area contributed by atoms with Crippen LogP contribution in [0.25, 0.3) is 0 Å². The molecule has 0 aromatic heterocycles. The second-order valence-corrected chi connectivity index (χ2v) is 7.97. The van der Waals surface area contributed by atoms with E-state index < -0.39 is 10.0 Å². The Bertz CT molecular complexity index is 654. The third kappa shape index (κ3) is 5.21. The maximum Gasteiger partial charge on any atom is 0.225 e. The van der Waals surface area contributed by atoms with E-state index in [9.17, 15) is 13.2 Å². The molecule has 0 radical (unpaired) electrons. The van der Waals surface area contributed by atoms with E-state index in [2.05, 4.69) is 5.32 Å². The van der Waals surface area contributed by atoms with E-state index in [0.29, 0.717) is 18.0 Å². The third-order valence-electron chi connectivity index (χ3n) is 4.18. The first-order chi connectivity index (χ1) is 11.4. The van der Waals surface area contributed by atoms with E-state index in [1.54, 1.807) is 12.1 Å². The third-order valence-corrected chi connectivity index (χ3v) is 5.51. The number of rotatable bonds is 8. The molecule has 24 heavy (non-hydrogen) atoms. The predicted octanol–water partition coefficient (Wildman–Crippen LogP) is 2.62. The van der Waals surface area contributed by atoms with Gasteiger partial charge in [-0.25, -0.2) is 8.42 Å². The summed E-state index contributed by atoms with van der Waals surface area (Å²) in [5.41, 5.74) is 0.608. The standard InChI is InChI=1S/C17H26N2O4S/c1-3-23-16-11-7-6-10-15(16)18-17(20)12-13-19(24(2,21)22)14-8-4-5-9-14/h6-7,10-11,14H,3-5,8-9,12-13H2,1-2H3,(H,18,20). The Balaban J connectivity index is 1.96. The van der Waals surface area contributed by atoms with Crippen molar-refractivity contribution in [2.75, 3.05) is 24.7 Å². The lowest BCUT2D eigenvalue weighted by molar-refractivity contribution is -0.116. The molecule has 0 saturated heterocycles. The van der Waals surface area contributed by atoms with E-state index in [-0.39, 0.29) is 24.9 Å². The average Bonchev–Trinajstić information content (AvgIpc) is 3.02. The van der Waals surface area contributed by atoms with E-state index in [4.69, 9.17) is 4.74 Å². The van der Waals surface area contributed by atoms with Gasteiger partial charge in [0, 0.05) is 19.0 Å². The monoisotopic (exact) mass is 354 g/mol. The molecule has 6 nitrogen and oxygen atoms in total. The Labute approximate surface area is 144 Å². The summed E-state index contributed by atoms with van der Waals surface area (Å²) >= 11 is 0. The molecule has 0 spiro atoms. The Kier molecular flexibility index (Phi) is 6.62. The van der Waals surface area contributed by atoms with Crippen LogP contribution in [-0.4, -0.2) is 44.1 Å². The van der Waals surface area contributed by atoms with Crippen molar-refractivity contribution in [3.05, 3.63) is 24.3 Å². The van der Waals surface area contributed by atoms with Gasteiger partial charge in [0.1, 0.15) is 5.75 Å². The number of ether oxygens (including phenoxy) is 1. The van der Waals surface area contributed by atoms with Gasteiger partial charge in [-0.3, -0.25) is 4.79 Å². The summed E-state index contributed by atoms with van der Waals surface area (Å²) in [6, 6.07) is 7.25. The lowest BCUT2D eigenvalue weighted by atomic mass is 10.2. The van der Waals surface area contributed by atoms with Crippen molar-refractivity contribution in [1.82, 2.24) is 4.31 Å². The van der Waals surface area contributed by atoms with Gasteiger partial charge in [0.2, 0.25) is 15.9 Å². The number of anilines is 1. The summed E-state index contributed by atoms with van der Waals surface area (Å²) in [6.07, 6.45) is 5.19. The minimum atomic E-state index is -3.30. The number of nitrogens with one attached hydrogen (secondary N) is 1. The highest BCUT2D eigenvalue weighted by atomic mass is 32.2. The zero-order valence-electron chi connectivity index (χ0n) is 14.3. The number of para-hydroxylation sites is 2. The predicted molar refractivity (Wildman–Crippen MR) is 94.7 cm³/mol. The molecule has 1 N–H and O–H groups in total. The van der Waals surface area contributed by atoms with Crippen LogP contribution in [0.3, 0.4) is 0 Å². The molecule has 7 heteroatoms. The molecule has 1 saturated carbocycles.